The standard InChI is InChI=1S/C10H14ClNO2/c1-6-7(11)3-4-9(14-2)10(6)8(12)5-13/h3-4,8,13H,5,12H2,1-2H3. The molecule has 0 spiro atoms. The van der Waals surface area contributed by atoms with E-state index in [2.05, 4.69) is 0 Å². The van der Waals surface area contributed by atoms with Gasteiger partial charge in [-0.3, -0.25) is 0 Å². The quantitative estimate of drug-likeness (QED) is 0.806. The van der Waals surface area contributed by atoms with Crippen LogP contribution in [0.25, 0.3) is 0 Å². The van der Waals surface area contributed by atoms with Gasteiger partial charge in [-0.1, -0.05) is 11.6 Å². The van der Waals surface area contributed by atoms with Gasteiger partial charge in [0, 0.05) is 10.6 Å². The largest absolute Gasteiger partial charge is 0.496 e. The molecule has 0 heterocycles. The van der Waals surface area contributed by atoms with Gasteiger partial charge in [-0.05, 0) is 24.6 Å². The zero-order valence-corrected chi connectivity index (χ0v) is 9.01. The minimum atomic E-state index is -0.455. The van der Waals surface area contributed by atoms with Crippen molar-refractivity contribution < 1.29 is 9.84 Å². The molecular formula is C10H14ClNO2. The van der Waals surface area contributed by atoms with Crippen LogP contribution in [0.2, 0.25) is 5.02 Å². The van der Waals surface area contributed by atoms with Crippen molar-refractivity contribution >= 4 is 11.6 Å². The Kier molecular flexibility index (Phi) is 3.75. The molecule has 3 N–H and O–H groups in total. The van der Waals surface area contributed by atoms with E-state index in [1.54, 1.807) is 19.2 Å². The molecule has 1 atom stereocenters. The summed E-state index contributed by atoms with van der Waals surface area (Å²) in [6.07, 6.45) is 0. The van der Waals surface area contributed by atoms with Gasteiger partial charge in [0.1, 0.15) is 5.75 Å². The van der Waals surface area contributed by atoms with Crippen LogP contribution in [0.1, 0.15) is 17.2 Å². The predicted octanol–water partition coefficient (Wildman–Crippen LogP) is 1.65. The van der Waals surface area contributed by atoms with Crippen molar-refractivity contribution in [2.75, 3.05) is 13.7 Å². The number of hydrogen-bond donors (Lipinski definition) is 2. The van der Waals surface area contributed by atoms with E-state index >= 15 is 0 Å². The molecule has 3 nitrogen and oxygen atoms in total. The molecule has 0 fully saturated rings. The molecule has 78 valence electrons. The van der Waals surface area contributed by atoms with Crippen LogP contribution >= 0.6 is 11.6 Å². The van der Waals surface area contributed by atoms with Crippen LogP contribution in [0.15, 0.2) is 12.1 Å². The van der Waals surface area contributed by atoms with E-state index in [1.807, 2.05) is 6.92 Å². The highest BCUT2D eigenvalue weighted by atomic mass is 35.5. The van der Waals surface area contributed by atoms with E-state index in [0.717, 1.165) is 11.1 Å². The molecule has 0 aliphatic heterocycles. The molecule has 0 bridgehead atoms. The van der Waals surface area contributed by atoms with Gasteiger partial charge in [0.15, 0.2) is 0 Å². The fourth-order valence-corrected chi connectivity index (χ4v) is 1.57. The highest BCUT2D eigenvalue weighted by molar-refractivity contribution is 6.31. The lowest BCUT2D eigenvalue weighted by Crippen LogP contribution is -2.17. The fourth-order valence-electron chi connectivity index (χ4n) is 1.41. The third kappa shape index (κ3) is 2.00. The lowest BCUT2D eigenvalue weighted by Gasteiger charge is -2.17. The molecule has 0 aromatic heterocycles. The Balaban J connectivity index is 3.27. The number of halogens is 1. The predicted molar refractivity (Wildman–Crippen MR) is 56.8 cm³/mol. The molecule has 1 unspecified atom stereocenters. The number of ether oxygens (including phenoxy) is 1. The average Bonchev–Trinajstić information content (AvgIpc) is 2.20. The van der Waals surface area contributed by atoms with Crippen molar-refractivity contribution in [2.24, 2.45) is 5.73 Å². The van der Waals surface area contributed by atoms with Crippen molar-refractivity contribution in [3.05, 3.63) is 28.3 Å². The number of benzene rings is 1. The third-order valence-corrected chi connectivity index (χ3v) is 2.61. The van der Waals surface area contributed by atoms with E-state index in [9.17, 15) is 0 Å². The van der Waals surface area contributed by atoms with Crippen LogP contribution in [0.5, 0.6) is 5.75 Å². The summed E-state index contributed by atoms with van der Waals surface area (Å²) in [4.78, 5) is 0. The number of methoxy groups -OCH3 is 1. The molecule has 0 radical (unpaired) electrons. The van der Waals surface area contributed by atoms with E-state index in [-0.39, 0.29) is 6.61 Å². The summed E-state index contributed by atoms with van der Waals surface area (Å²) >= 11 is 5.95. The number of aliphatic hydroxyl groups excluding tert-OH is 1. The minimum absolute atomic E-state index is 0.127. The second kappa shape index (κ2) is 4.64. The Labute approximate surface area is 88.4 Å². The zero-order chi connectivity index (χ0) is 10.7. The number of nitrogens with two attached hydrogens (primary N) is 1. The van der Waals surface area contributed by atoms with Gasteiger partial charge in [-0.2, -0.15) is 0 Å². The summed E-state index contributed by atoms with van der Waals surface area (Å²) in [5.74, 6) is 0.661. The van der Waals surface area contributed by atoms with E-state index < -0.39 is 6.04 Å². The molecule has 4 heteroatoms. The molecule has 1 rings (SSSR count). The van der Waals surface area contributed by atoms with Crippen molar-refractivity contribution in [2.45, 2.75) is 13.0 Å². The summed E-state index contributed by atoms with van der Waals surface area (Å²) in [7, 11) is 1.57. The summed E-state index contributed by atoms with van der Waals surface area (Å²) in [6, 6.07) is 3.05. The van der Waals surface area contributed by atoms with E-state index in [1.165, 1.54) is 0 Å². The monoisotopic (exact) mass is 215 g/mol. The fraction of sp³-hybridized carbons (Fsp3) is 0.400. The van der Waals surface area contributed by atoms with Crippen molar-refractivity contribution in [1.29, 1.82) is 0 Å². The summed E-state index contributed by atoms with van der Waals surface area (Å²) in [5, 5.41) is 9.63. The first-order valence-corrected chi connectivity index (χ1v) is 4.69. The van der Waals surface area contributed by atoms with Crippen LogP contribution in [-0.2, 0) is 0 Å². The van der Waals surface area contributed by atoms with Crippen LogP contribution in [-0.4, -0.2) is 18.8 Å². The molecule has 0 saturated heterocycles. The second-order valence-electron chi connectivity index (χ2n) is 3.08. The van der Waals surface area contributed by atoms with Crippen LogP contribution in [0.3, 0.4) is 0 Å². The van der Waals surface area contributed by atoms with Crippen LogP contribution in [0, 0.1) is 6.92 Å². The van der Waals surface area contributed by atoms with Crippen molar-refractivity contribution in [3.8, 4) is 5.75 Å². The Morgan fingerprint density at radius 3 is 2.71 bits per heavy atom. The van der Waals surface area contributed by atoms with E-state index in [4.69, 9.17) is 27.2 Å². The van der Waals surface area contributed by atoms with Gasteiger partial charge in [0.25, 0.3) is 0 Å². The minimum Gasteiger partial charge on any atom is -0.496 e. The molecule has 0 saturated carbocycles. The molecule has 14 heavy (non-hydrogen) atoms. The number of aliphatic hydroxyl groups is 1. The zero-order valence-electron chi connectivity index (χ0n) is 8.25. The Morgan fingerprint density at radius 1 is 1.57 bits per heavy atom. The maximum absolute atomic E-state index is 9.00. The third-order valence-electron chi connectivity index (χ3n) is 2.20. The Bertz CT molecular complexity index is 328. The second-order valence-corrected chi connectivity index (χ2v) is 3.48. The van der Waals surface area contributed by atoms with Gasteiger partial charge < -0.3 is 15.6 Å². The number of hydrogen-bond acceptors (Lipinski definition) is 3. The van der Waals surface area contributed by atoms with Gasteiger partial charge >= 0.3 is 0 Å². The highest BCUT2D eigenvalue weighted by Gasteiger charge is 2.15. The smallest absolute Gasteiger partial charge is 0.124 e. The van der Waals surface area contributed by atoms with Gasteiger partial charge in [0.05, 0.1) is 19.8 Å². The van der Waals surface area contributed by atoms with Gasteiger partial charge in [-0.15, -0.1) is 0 Å². The first kappa shape index (κ1) is 11.3. The Morgan fingerprint density at radius 2 is 2.21 bits per heavy atom. The lowest BCUT2D eigenvalue weighted by atomic mass is 10.0. The molecule has 1 aromatic rings. The van der Waals surface area contributed by atoms with E-state index in [0.29, 0.717) is 10.8 Å². The van der Waals surface area contributed by atoms with Crippen molar-refractivity contribution in [1.82, 2.24) is 0 Å². The normalized spacial score (nSPS) is 12.6. The van der Waals surface area contributed by atoms with Crippen molar-refractivity contribution in [3.63, 3.8) is 0 Å². The van der Waals surface area contributed by atoms with Gasteiger partial charge in [-0.25, -0.2) is 0 Å². The summed E-state index contributed by atoms with van der Waals surface area (Å²) < 4.78 is 5.15. The molecule has 0 amide bonds. The average molecular weight is 216 g/mol. The first-order chi connectivity index (χ1) is 6.61. The topological polar surface area (TPSA) is 55.5 Å². The molecule has 1 aromatic carbocycles. The van der Waals surface area contributed by atoms with Gasteiger partial charge in [0.2, 0.25) is 0 Å². The molecule has 0 aliphatic rings. The lowest BCUT2D eigenvalue weighted by molar-refractivity contribution is 0.264. The summed E-state index contributed by atoms with van der Waals surface area (Å²) in [5.41, 5.74) is 7.37. The summed E-state index contributed by atoms with van der Waals surface area (Å²) in [6.45, 7) is 1.73. The highest BCUT2D eigenvalue weighted by Crippen LogP contribution is 2.31. The molecule has 0 aliphatic carbocycles. The maximum atomic E-state index is 9.00. The maximum Gasteiger partial charge on any atom is 0.124 e. The van der Waals surface area contributed by atoms with Crippen LogP contribution < -0.4 is 10.5 Å². The molecular weight excluding hydrogens is 202 g/mol. The first-order valence-electron chi connectivity index (χ1n) is 4.31. The SMILES string of the molecule is COc1ccc(Cl)c(C)c1C(N)CO. The van der Waals surface area contributed by atoms with Crippen LogP contribution in [0.4, 0.5) is 0 Å². The Hall–Kier alpha value is -0.770. The number of rotatable bonds is 3.